The van der Waals surface area contributed by atoms with Gasteiger partial charge in [0.1, 0.15) is 6.67 Å². The summed E-state index contributed by atoms with van der Waals surface area (Å²) in [5, 5.41) is 10.5. The minimum atomic E-state index is -0.511. The molecule has 98 valence electrons. The van der Waals surface area contributed by atoms with Gasteiger partial charge in [-0.05, 0) is 16.0 Å². The molecular formula is C11H15FN4O2. The second kappa shape index (κ2) is 5.72. The van der Waals surface area contributed by atoms with E-state index in [-0.39, 0.29) is 12.5 Å². The van der Waals surface area contributed by atoms with Gasteiger partial charge >= 0.3 is 5.82 Å². The van der Waals surface area contributed by atoms with Crippen LogP contribution in [0, 0.1) is 10.1 Å². The molecule has 0 amide bonds. The van der Waals surface area contributed by atoms with E-state index >= 15 is 0 Å². The fraction of sp³-hybridized carbons (Fsp3) is 0.545. The first-order valence-corrected chi connectivity index (χ1v) is 5.84. The fourth-order valence-electron chi connectivity index (χ4n) is 2.02. The summed E-state index contributed by atoms with van der Waals surface area (Å²) < 4.78 is 12.2. The molecule has 0 bridgehead atoms. The molecule has 18 heavy (non-hydrogen) atoms. The standard InChI is InChI=1S/C11H15FN4O2/c12-3-4-14-5-7-15(8-6-14)10-1-2-11(13-9-10)16(17)18/h1-2,9H,3-8H2. The van der Waals surface area contributed by atoms with Crippen LogP contribution in [0.4, 0.5) is 15.9 Å². The number of hydrogen-bond donors (Lipinski definition) is 0. The lowest BCUT2D eigenvalue weighted by Gasteiger charge is -2.34. The van der Waals surface area contributed by atoms with E-state index in [1.54, 1.807) is 6.07 Å². The van der Waals surface area contributed by atoms with Gasteiger partial charge in [-0.1, -0.05) is 0 Å². The third-order valence-corrected chi connectivity index (χ3v) is 3.06. The summed E-state index contributed by atoms with van der Waals surface area (Å²) in [5.41, 5.74) is 0.875. The summed E-state index contributed by atoms with van der Waals surface area (Å²) in [5.74, 6) is -0.144. The Labute approximate surface area is 104 Å². The lowest BCUT2D eigenvalue weighted by atomic mass is 10.2. The SMILES string of the molecule is O=[N+]([O-])c1ccc(N2CCN(CCF)CC2)cn1. The van der Waals surface area contributed by atoms with Crippen LogP contribution >= 0.6 is 0 Å². The molecular weight excluding hydrogens is 239 g/mol. The normalized spacial score (nSPS) is 16.8. The van der Waals surface area contributed by atoms with Crippen molar-refractivity contribution in [1.82, 2.24) is 9.88 Å². The van der Waals surface area contributed by atoms with E-state index in [9.17, 15) is 14.5 Å². The highest BCUT2D eigenvalue weighted by atomic mass is 19.1. The maximum Gasteiger partial charge on any atom is 0.363 e. The first-order chi connectivity index (χ1) is 8.70. The van der Waals surface area contributed by atoms with E-state index in [1.165, 1.54) is 12.3 Å². The predicted octanol–water partition coefficient (Wildman–Crippen LogP) is 1.08. The average molecular weight is 254 g/mol. The van der Waals surface area contributed by atoms with E-state index in [1.807, 2.05) is 0 Å². The van der Waals surface area contributed by atoms with Gasteiger partial charge in [0, 0.05) is 38.8 Å². The third-order valence-electron chi connectivity index (χ3n) is 3.06. The Morgan fingerprint density at radius 2 is 2.06 bits per heavy atom. The molecule has 0 atom stereocenters. The minimum Gasteiger partial charge on any atom is -0.366 e. The van der Waals surface area contributed by atoms with Crippen molar-refractivity contribution in [1.29, 1.82) is 0 Å². The number of pyridine rings is 1. The molecule has 1 saturated heterocycles. The number of hydrogen-bond acceptors (Lipinski definition) is 5. The smallest absolute Gasteiger partial charge is 0.363 e. The van der Waals surface area contributed by atoms with Gasteiger partial charge in [-0.3, -0.25) is 4.90 Å². The molecule has 0 N–H and O–H groups in total. The van der Waals surface area contributed by atoms with Gasteiger partial charge in [0.15, 0.2) is 6.20 Å². The van der Waals surface area contributed by atoms with Crippen LogP contribution in [0.15, 0.2) is 18.3 Å². The molecule has 0 aliphatic carbocycles. The van der Waals surface area contributed by atoms with E-state index in [4.69, 9.17) is 0 Å². The Morgan fingerprint density at radius 1 is 1.33 bits per heavy atom. The fourth-order valence-corrected chi connectivity index (χ4v) is 2.02. The summed E-state index contributed by atoms with van der Waals surface area (Å²) in [7, 11) is 0. The molecule has 1 fully saturated rings. The second-order valence-corrected chi connectivity index (χ2v) is 4.15. The van der Waals surface area contributed by atoms with Crippen LogP contribution in [0.1, 0.15) is 0 Å². The van der Waals surface area contributed by atoms with Crippen LogP contribution < -0.4 is 4.90 Å². The number of halogens is 1. The highest BCUT2D eigenvalue weighted by molar-refractivity contribution is 5.46. The maximum atomic E-state index is 12.2. The van der Waals surface area contributed by atoms with E-state index in [2.05, 4.69) is 14.8 Å². The first-order valence-electron chi connectivity index (χ1n) is 5.84. The van der Waals surface area contributed by atoms with E-state index < -0.39 is 4.92 Å². The van der Waals surface area contributed by atoms with Crippen molar-refractivity contribution < 1.29 is 9.31 Å². The molecule has 1 aliphatic rings. The lowest BCUT2D eigenvalue weighted by molar-refractivity contribution is -0.389. The monoisotopic (exact) mass is 254 g/mol. The second-order valence-electron chi connectivity index (χ2n) is 4.15. The molecule has 1 aliphatic heterocycles. The number of rotatable bonds is 4. The van der Waals surface area contributed by atoms with Crippen molar-refractivity contribution in [2.75, 3.05) is 44.3 Å². The highest BCUT2D eigenvalue weighted by Gasteiger charge is 2.18. The summed E-state index contributed by atoms with van der Waals surface area (Å²) in [4.78, 5) is 17.9. The van der Waals surface area contributed by atoms with Gasteiger partial charge < -0.3 is 15.0 Å². The molecule has 1 aromatic heterocycles. The largest absolute Gasteiger partial charge is 0.366 e. The Balaban J connectivity index is 1.95. The zero-order valence-electron chi connectivity index (χ0n) is 9.96. The van der Waals surface area contributed by atoms with E-state index in [0.29, 0.717) is 6.54 Å². The molecule has 7 heteroatoms. The van der Waals surface area contributed by atoms with Gasteiger partial charge in [-0.25, -0.2) is 4.39 Å². The van der Waals surface area contributed by atoms with Crippen molar-refractivity contribution in [3.63, 3.8) is 0 Å². The lowest BCUT2D eigenvalue weighted by Crippen LogP contribution is -2.47. The Bertz CT molecular complexity index is 404. The van der Waals surface area contributed by atoms with Gasteiger partial charge in [0.2, 0.25) is 0 Å². The number of piperazine rings is 1. The Morgan fingerprint density at radius 3 is 2.56 bits per heavy atom. The Hall–Kier alpha value is -1.76. The number of aromatic nitrogens is 1. The predicted molar refractivity (Wildman–Crippen MR) is 65.5 cm³/mol. The van der Waals surface area contributed by atoms with Crippen LogP contribution in [-0.4, -0.2) is 54.2 Å². The zero-order chi connectivity index (χ0) is 13.0. The molecule has 0 unspecified atom stereocenters. The Kier molecular flexibility index (Phi) is 4.03. The number of anilines is 1. The van der Waals surface area contributed by atoms with Gasteiger partial charge in [0.25, 0.3) is 0 Å². The van der Waals surface area contributed by atoms with Gasteiger partial charge in [0.05, 0.1) is 5.69 Å². The molecule has 2 heterocycles. The summed E-state index contributed by atoms with van der Waals surface area (Å²) >= 11 is 0. The summed E-state index contributed by atoms with van der Waals surface area (Å²) in [6.45, 7) is 3.35. The number of nitrogens with zero attached hydrogens (tertiary/aromatic N) is 4. The van der Waals surface area contributed by atoms with Crippen LogP contribution in [0.25, 0.3) is 0 Å². The molecule has 0 saturated carbocycles. The van der Waals surface area contributed by atoms with Crippen molar-refractivity contribution in [3.05, 3.63) is 28.4 Å². The third kappa shape index (κ3) is 2.92. The van der Waals surface area contributed by atoms with Crippen molar-refractivity contribution >= 4 is 11.5 Å². The maximum absolute atomic E-state index is 12.2. The van der Waals surface area contributed by atoms with Gasteiger partial charge in [-0.15, -0.1) is 0 Å². The van der Waals surface area contributed by atoms with Crippen LogP contribution in [0.2, 0.25) is 0 Å². The van der Waals surface area contributed by atoms with Crippen LogP contribution in [-0.2, 0) is 0 Å². The molecule has 6 nitrogen and oxygen atoms in total. The average Bonchev–Trinajstić information content (AvgIpc) is 2.40. The van der Waals surface area contributed by atoms with Crippen molar-refractivity contribution in [2.45, 2.75) is 0 Å². The number of alkyl halides is 1. The molecule has 1 aromatic rings. The molecule has 0 aromatic carbocycles. The molecule has 2 rings (SSSR count). The van der Waals surface area contributed by atoms with Crippen molar-refractivity contribution in [3.8, 4) is 0 Å². The summed E-state index contributed by atoms with van der Waals surface area (Å²) in [6.07, 6.45) is 1.52. The number of nitro groups is 1. The summed E-state index contributed by atoms with van der Waals surface area (Å²) in [6, 6.07) is 3.11. The molecule has 0 spiro atoms. The highest BCUT2D eigenvalue weighted by Crippen LogP contribution is 2.17. The first kappa shape index (κ1) is 12.7. The quantitative estimate of drug-likeness (QED) is 0.594. The molecule has 0 radical (unpaired) electrons. The van der Waals surface area contributed by atoms with Gasteiger partial charge in [-0.2, -0.15) is 0 Å². The van der Waals surface area contributed by atoms with E-state index in [0.717, 1.165) is 31.9 Å². The van der Waals surface area contributed by atoms with Crippen molar-refractivity contribution in [2.24, 2.45) is 0 Å². The zero-order valence-corrected chi connectivity index (χ0v) is 9.96. The topological polar surface area (TPSA) is 62.5 Å². The van der Waals surface area contributed by atoms with Crippen LogP contribution in [0.3, 0.4) is 0 Å². The van der Waals surface area contributed by atoms with Crippen LogP contribution in [0.5, 0.6) is 0 Å². The minimum absolute atomic E-state index is 0.144.